The Hall–Kier alpha value is -0.660. The first kappa shape index (κ1) is 13.4. The first-order valence-electron chi connectivity index (χ1n) is 5.56. The van der Waals surface area contributed by atoms with E-state index in [0.717, 1.165) is 12.8 Å². The maximum Gasteiger partial charge on any atom is 0.279 e. The highest BCUT2D eigenvalue weighted by Crippen LogP contribution is 2.12. The van der Waals surface area contributed by atoms with Gasteiger partial charge in [-0.1, -0.05) is 6.92 Å². The van der Waals surface area contributed by atoms with Crippen LogP contribution in [0.2, 0.25) is 0 Å². The van der Waals surface area contributed by atoms with E-state index in [1.54, 1.807) is 0 Å². The van der Waals surface area contributed by atoms with E-state index in [4.69, 9.17) is 11.1 Å². The van der Waals surface area contributed by atoms with Gasteiger partial charge in [0.05, 0.1) is 5.84 Å². The maximum atomic E-state index is 11.9. The molecule has 1 aliphatic heterocycles. The van der Waals surface area contributed by atoms with Gasteiger partial charge in [-0.3, -0.25) is 5.41 Å². The Morgan fingerprint density at radius 3 is 2.50 bits per heavy atom. The first-order chi connectivity index (χ1) is 7.45. The van der Waals surface area contributed by atoms with Gasteiger partial charge in [-0.05, 0) is 19.3 Å². The van der Waals surface area contributed by atoms with Gasteiger partial charge in [0.15, 0.2) is 0 Å². The van der Waals surface area contributed by atoms with Crippen LogP contribution in [-0.4, -0.2) is 37.7 Å². The van der Waals surface area contributed by atoms with Crippen LogP contribution < -0.4 is 10.5 Å². The quantitative estimate of drug-likeness (QED) is 0.456. The molecule has 7 heteroatoms. The Morgan fingerprint density at radius 2 is 2.06 bits per heavy atom. The molecule has 0 bridgehead atoms. The number of hydrogen-bond donors (Lipinski definition) is 3. The Kier molecular flexibility index (Phi) is 4.69. The van der Waals surface area contributed by atoms with Gasteiger partial charge in [-0.15, -0.1) is 0 Å². The molecule has 0 spiro atoms. The van der Waals surface area contributed by atoms with Crippen molar-refractivity contribution in [1.82, 2.24) is 9.03 Å². The van der Waals surface area contributed by atoms with Crippen molar-refractivity contribution in [3.05, 3.63) is 0 Å². The van der Waals surface area contributed by atoms with Crippen LogP contribution in [0.25, 0.3) is 0 Å². The molecule has 1 saturated heterocycles. The van der Waals surface area contributed by atoms with Crippen LogP contribution in [0.5, 0.6) is 0 Å². The maximum absolute atomic E-state index is 11.9. The lowest BCUT2D eigenvalue weighted by molar-refractivity contribution is 0.450. The summed E-state index contributed by atoms with van der Waals surface area (Å²) >= 11 is 0. The molecule has 16 heavy (non-hydrogen) atoms. The van der Waals surface area contributed by atoms with Crippen LogP contribution >= 0.6 is 0 Å². The summed E-state index contributed by atoms with van der Waals surface area (Å²) in [6.45, 7) is 3.05. The zero-order valence-corrected chi connectivity index (χ0v) is 10.4. The summed E-state index contributed by atoms with van der Waals surface area (Å²) in [5.41, 5.74) is 5.28. The largest absolute Gasteiger partial charge is 0.388 e. The van der Waals surface area contributed by atoms with E-state index >= 15 is 0 Å². The number of amidine groups is 1. The van der Waals surface area contributed by atoms with Crippen LogP contribution in [0.1, 0.15) is 32.6 Å². The molecule has 0 aromatic rings. The second-order valence-electron chi connectivity index (χ2n) is 4.06. The molecule has 1 aliphatic rings. The van der Waals surface area contributed by atoms with Gasteiger partial charge in [0.1, 0.15) is 0 Å². The molecule has 94 valence electrons. The number of nitrogens with two attached hydrogens (primary N) is 1. The summed E-state index contributed by atoms with van der Waals surface area (Å²) in [6.07, 6.45) is 2.74. The molecule has 1 heterocycles. The normalized spacial score (nSPS) is 19.8. The van der Waals surface area contributed by atoms with Gasteiger partial charge in [-0.25, -0.2) is 0 Å². The molecule has 0 saturated carbocycles. The van der Waals surface area contributed by atoms with Crippen LogP contribution in [0.15, 0.2) is 0 Å². The third-order valence-electron chi connectivity index (χ3n) is 2.68. The summed E-state index contributed by atoms with van der Waals surface area (Å²) in [4.78, 5) is 0. The van der Waals surface area contributed by atoms with E-state index < -0.39 is 10.2 Å². The lowest BCUT2D eigenvalue weighted by Crippen LogP contribution is -2.45. The van der Waals surface area contributed by atoms with Gasteiger partial charge in [0.25, 0.3) is 10.2 Å². The van der Waals surface area contributed by atoms with Gasteiger partial charge in [-0.2, -0.15) is 17.4 Å². The fourth-order valence-electron chi connectivity index (χ4n) is 1.75. The number of nitrogens with one attached hydrogen (secondary N) is 2. The molecule has 0 aromatic heterocycles. The molecule has 0 aliphatic carbocycles. The average molecular weight is 248 g/mol. The lowest BCUT2D eigenvalue weighted by atomic mass is 10.1. The molecule has 1 atom stereocenters. The van der Waals surface area contributed by atoms with Crippen molar-refractivity contribution in [2.24, 2.45) is 5.73 Å². The van der Waals surface area contributed by atoms with Crippen LogP contribution in [0.3, 0.4) is 0 Å². The third-order valence-corrected chi connectivity index (χ3v) is 4.36. The molecular weight excluding hydrogens is 228 g/mol. The Morgan fingerprint density at radius 1 is 1.50 bits per heavy atom. The van der Waals surface area contributed by atoms with E-state index in [1.807, 2.05) is 6.92 Å². The van der Waals surface area contributed by atoms with Gasteiger partial charge >= 0.3 is 0 Å². The van der Waals surface area contributed by atoms with Crippen molar-refractivity contribution >= 4 is 16.0 Å². The fraction of sp³-hybridized carbons (Fsp3) is 0.889. The van der Waals surface area contributed by atoms with Gasteiger partial charge in [0.2, 0.25) is 0 Å². The second kappa shape index (κ2) is 5.60. The minimum absolute atomic E-state index is 0.0102. The van der Waals surface area contributed by atoms with Crippen molar-refractivity contribution in [3.8, 4) is 0 Å². The molecule has 0 radical (unpaired) electrons. The summed E-state index contributed by atoms with van der Waals surface area (Å²) in [5, 5.41) is 7.17. The minimum atomic E-state index is -3.39. The lowest BCUT2D eigenvalue weighted by Gasteiger charge is -2.21. The van der Waals surface area contributed by atoms with Crippen molar-refractivity contribution in [1.29, 1.82) is 5.41 Å². The molecule has 0 aromatic carbocycles. The predicted molar refractivity (Wildman–Crippen MR) is 63.5 cm³/mol. The zero-order chi connectivity index (χ0) is 12.2. The first-order valence-corrected chi connectivity index (χ1v) is 7.00. The van der Waals surface area contributed by atoms with Crippen molar-refractivity contribution in [2.75, 3.05) is 13.1 Å². The van der Waals surface area contributed by atoms with E-state index in [0.29, 0.717) is 19.5 Å². The second-order valence-corrected chi connectivity index (χ2v) is 5.77. The third kappa shape index (κ3) is 3.73. The van der Waals surface area contributed by atoms with E-state index in [1.165, 1.54) is 4.31 Å². The highest BCUT2D eigenvalue weighted by Gasteiger charge is 2.27. The van der Waals surface area contributed by atoms with Crippen molar-refractivity contribution in [2.45, 2.75) is 38.6 Å². The minimum Gasteiger partial charge on any atom is -0.388 e. The summed E-state index contributed by atoms with van der Waals surface area (Å²) in [6, 6.07) is -0.275. The average Bonchev–Trinajstić information content (AvgIpc) is 2.68. The van der Waals surface area contributed by atoms with Gasteiger partial charge in [0, 0.05) is 25.6 Å². The Bertz CT molecular complexity index is 335. The van der Waals surface area contributed by atoms with Crippen molar-refractivity contribution < 1.29 is 8.42 Å². The van der Waals surface area contributed by atoms with Crippen LogP contribution in [0, 0.1) is 5.41 Å². The molecule has 4 N–H and O–H groups in total. The molecule has 1 rings (SSSR count). The summed E-state index contributed by atoms with van der Waals surface area (Å²) in [7, 11) is -3.39. The highest BCUT2D eigenvalue weighted by molar-refractivity contribution is 7.87. The standard InChI is InChI=1S/C9H20N4O2S/c1-2-8(7-9(10)11)12-16(14,15)13-5-3-4-6-13/h8,12H,2-7H2,1H3,(H3,10,11). The predicted octanol–water partition coefficient (Wildman–Crippen LogP) is 0.0213. The molecule has 0 amide bonds. The number of nitrogens with zero attached hydrogens (tertiary/aromatic N) is 1. The van der Waals surface area contributed by atoms with E-state index in [9.17, 15) is 8.42 Å². The zero-order valence-electron chi connectivity index (χ0n) is 9.57. The Labute approximate surface area is 96.9 Å². The smallest absolute Gasteiger partial charge is 0.279 e. The van der Waals surface area contributed by atoms with E-state index in [-0.39, 0.29) is 18.3 Å². The molecule has 1 unspecified atom stereocenters. The highest BCUT2D eigenvalue weighted by atomic mass is 32.2. The van der Waals surface area contributed by atoms with E-state index in [2.05, 4.69) is 4.72 Å². The SMILES string of the molecule is CCC(CC(=N)N)NS(=O)(=O)N1CCCC1. The number of hydrogen-bond acceptors (Lipinski definition) is 3. The summed E-state index contributed by atoms with van der Waals surface area (Å²) in [5.74, 6) is 0.0102. The van der Waals surface area contributed by atoms with Gasteiger partial charge < -0.3 is 5.73 Å². The topological polar surface area (TPSA) is 99.3 Å². The van der Waals surface area contributed by atoms with Crippen LogP contribution in [-0.2, 0) is 10.2 Å². The van der Waals surface area contributed by atoms with Crippen LogP contribution in [0.4, 0.5) is 0 Å². The monoisotopic (exact) mass is 248 g/mol. The molecule has 1 fully saturated rings. The number of rotatable bonds is 6. The molecule has 6 nitrogen and oxygen atoms in total. The molecular formula is C9H20N4O2S. The van der Waals surface area contributed by atoms with Crippen molar-refractivity contribution in [3.63, 3.8) is 0 Å². The fourth-order valence-corrected chi connectivity index (χ4v) is 3.31. The summed E-state index contributed by atoms with van der Waals surface area (Å²) < 4.78 is 27.8. The Balaban J connectivity index is 2.58.